The average Bonchev–Trinajstić information content (AvgIpc) is 3.27. The molecule has 0 aliphatic carbocycles. The molecule has 2 heterocycles. The lowest BCUT2D eigenvalue weighted by molar-refractivity contribution is 0.0787. The Hall–Kier alpha value is -3.48. The summed E-state index contributed by atoms with van der Waals surface area (Å²) in [4.78, 5) is 14.5. The molecule has 28 heavy (non-hydrogen) atoms. The molecule has 0 fully saturated rings. The maximum atomic E-state index is 12.8. The monoisotopic (exact) mass is 379 g/mol. The summed E-state index contributed by atoms with van der Waals surface area (Å²) in [5, 5.41) is 7.35. The van der Waals surface area contributed by atoms with E-state index in [1.54, 1.807) is 33.3 Å². The van der Waals surface area contributed by atoms with Crippen molar-refractivity contribution >= 4 is 5.91 Å². The second-order valence-corrected chi connectivity index (χ2v) is 6.53. The molecule has 0 spiro atoms. The van der Waals surface area contributed by atoms with Crippen LogP contribution in [0.15, 0.2) is 42.5 Å². The zero-order valence-corrected chi connectivity index (χ0v) is 16.1. The first-order valence-electron chi connectivity index (χ1n) is 8.80. The molecule has 0 saturated carbocycles. The Balaban J connectivity index is 1.87. The van der Waals surface area contributed by atoms with Gasteiger partial charge in [-0.25, -0.2) is 0 Å². The van der Waals surface area contributed by atoms with Crippen LogP contribution in [0.2, 0.25) is 0 Å². The first-order valence-corrected chi connectivity index (χ1v) is 8.80. The molecule has 0 radical (unpaired) electrons. The highest BCUT2D eigenvalue weighted by Crippen LogP contribution is 2.44. The van der Waals surface area contributed by atoms with Crippen LogP contribution in [0, 0.1) is 0 Å². The van der Waals surface area contributed by atoms with Crippen molar-refractivity contribution in [2.75, 3.05) is 28.4 Å². The van der Waals surface area contributed by atoms with Crippen molar-refractivity contribution in [2.24, 2.45) is 0 Å². The van der Waals surface area contributed by atoms with Gasteiger partial charge in [-0.15, -0.1) is 0 Å². The molecule has 1 N–H and O–H groups in total. The summed E-state index contributed by atoms with van der Waals surface area (Å²) >= 11 is 0. The van der Waals surface area contributed by atoms with Crippen LogP contribution in [0.5, 0.6) is 17.2 Å². The molecule has 1 aliphatic rings. The first kappa shape index (κ1) is 17.9. The maximum absolute atomic E-state index is 12.8. The van der Waals surface area contributed by atoms with Crippen molar-refractivity contribution in [1.29, 1.82) is 0 Å². The maximum Gasteiger partial charge on any atom is 0.272 e. The van der Waals surface area contributed by atoms with Crippen LogP contribution in [0.1, 0.15) is 27.7 Å². The van der Waals surface area contributed by atoms with Crippen LogP contribution in [0.3, 0.4) is 0 Å². The van der Waals surface area contributed by atoms with E-state index in [9.17, 15) is 4.79 Å². The lowest BCUT2D eigenvalue weighted by atomic mass is 9.96. The minimum Gasteiger partial charge on any atom is -0.497 e. The summed E-state index contributed by atoms with van der Waals surface area (Å²) in [5.74, 6) is 1.88. The first-order chi connectivity index (χ1) is 13.6. The molecule has 1 amide bonds. The second kappa shape index (κ2) is 6.92. The minimum atomic E-state index is -0.290. The number of aromatic nitrogens is 2. The van der Waals surface area contributed by atoms with E-state index < -0.39 is 0 Å². The second-order valence-electron chi connectivity index (χ2n) is 6.53. The standard InChI is InChI=1S/C21H21N3O4/c1-24-20(13-8-9-15(27-3)16(11-13)28-4)17-18(22-23-19(17)21(24)25)12-6-5-7-14(10-12)26-2/h5-11,20H,1-4H3,(H,22,23)/t20-/m0/s1. The van der Waals surface area contributed by atoms with Crippen LogP contribution in [0.4, 0.5) is 0 Å². The molecule has 0 saturated heterocycles. The van der Waals surface area contributed by atoms with E-state index in [4.69, 9.17) is 14.2 Å². The molecule has 144 valence electrons. The number of H-pyrrole nitrogens is 1. The number of carbonyl (C=O) groups is 1. The quantitative estimate of drug-likeness (QED) is 0.736. The van der Waals surface area contributed by atoms with Gasteiger partial charge in [-0.05, 0) is 29.8 Å². The number of rotatable bonds is 5. The number of hydrogen-bond acceptors (Lipinski definition) is 5. The van der Waals surface area contributed by atoms with Gasteiger partial charge in [0.05, 0.1) is 33.1 Å². The van der Waals surface area contributed by atoms with E-state index in [-0.39, 0.29) is 11.9 Å². The van der Waals surface area contributed by atoms with Crippen molar-refractivity contribution < 1.29 is 19.0 Å². The summed E-state index contributed by atoms with van der Waals surface area (Å²) in [5.41, 5.74) is 3.86. The van der Waals surface area contributed by atoms with Gasteiger partial charge >= 0.3 is 0 Å². The Morgan fingerprint density at radius 3 is 2.50 bits per heavy atom. The number of methoxy groups -OCH3 is 3. The smallest absolute Gasteiger partial charge is 0.272 e. The number of carbonyl (C=O) groups excluding carboxylic acids is 1. The van der Waals surface area contributed by atoms with E-state index in [0.717, 1.165) is 28.1 Å². The molecular formula is C21H21N3O4. The summed E-state index contributed by atoms with van der Waals surface area (Å²) in [7, 11) is 6.60. The Morgan fingerprint density at radius 1 is 1.00 bits per heavy atom. The molecule has 3 aromatic rings. The van der Waals surface area contributed by atoms with Gasteiger partial charge < -0.3 is 19.1 Å². The number of amides is 1. The molecule has 1 aromatic heterocycles. The third-order valence-corrected chi connectivity index (χ3v) is 5.07. The highest BCUT2D eigenvalue weighted by atomic mass is 16.5. The van der Waals surface area contributed by atoms with Crippen LogP contribution in [-0.2, 0) is 0 Å². The van der Waals surface area contributed by atoms with Gasteiger partial charge in [-0.1, -0.05) is 18.2 Å². The van der Waals surface area contributed by atoms with Crippen LogP contribution in [0.25, 0.3) is 11.3 Å². The number of fused-ring (bicyclic) bond motifs is 1. The van der Waals surface area contributed by atoms with Crippen molar-refractivity contribution in [3.8, 4) is 28.5 Å². The summed E-state index contributed by atoms with van der Waals surface area (Å²) in [6.45, 7) is 0. The number of benzene rings is 2. The molecule has 7 nitrogen and oxygen atoms in total. The SMILES string of the molecule is COc1cccc(-c2n[nH]c3c2[C@H](c2ccc(OC)c(OC)c2)N(C)C3=O)c1. The zero-order chi connectivity index (χ0) is 19.8. The van der Waals surface area contributed by atoms with E-state index in [1.165, 1.54) is 0 Å². The van der Waals surface area contributed by atoms with Crippen LogP contribution >= 0.6 is 0 Å². The Morgan fingerprint density at radius 2 is 1.79 bits per heavy atom. The highest BCUT2D eigenvalue weighted by Gasteiger charge is 2.40. The molecule has 0 bridgehead atoms. The van der Waals surface area contributed by atoms with Crippen LogP contribution in [-0.4, -0.2) is 49.4 Å². The van der Waals surface area contributed by atoms with Gasteiger partial charge in [0, 0.05) is 18.2 Å². The van der Waals surface area contributed by atoms with Crippen molar-refractivity contribution in [3.63, 3.8) is 0 Å². The van der Waals surface area contributed by atoms with Crippen molar-refractivity contribution in [3.05, 3.63) is 59.3 Å². The highest BCUT2D eigenvalue weighted by molar-refractivity contribution is 6.00. The van der Waals surface area contributed by atoms with Crippen molar-refractivity contribution in [1.82, 2.24) is 15.1 Å². The van der Waals surface area contributed by atoms with Crippen molar-refractivity contribution in [2.45, 2.75) is 6.04 Å². The summed E-state index contributed by atoms with van der Waals surface area (Å²) in [6, 6.07) is 13.0. The minimum absolute atomic E-state index is 0.101. The average molecular weight is 379 g/mol. The number of nitrogens with zero attached hydrogens (tertiary/aromatic N) is 2. The Bertz CT molecular complexity index is 1040. The van der Waals surface area contributed by atoms with Gasteiger partial charge in [-0.3, -0.25) is 9.89 Å². The fourth-order valence-electron chi connectivity index (χ4n) is 3.67. The lowest BCUT2D eigenvalue weighted by Gasteiger charge is -2.23. The summed E-state index contributed by atoms with van der Waals surface area (Å²) in [6.07, 6.45) is 0. The fraction of sp³-hybridized carbons (Fsp3) is 0.238. The summed E-state index contributed by atoms with van der Waals surface area (Å²) < 4.78 is 16.1. The van der Waals surface area contributed by atoms with Crippen LogP contribution < -0.4 is 14.2 Å². The lowest BCUT2D eigenvalue weighted by Crippen LogP contribution is -2.24. The molecule has 4 rings (SSSR count). The molecule has 1 aliphatic heterocycles. The number of aromatic amines is 1. The van der Waals surface area contributed by atoms with E-state index in [0.29, 0.717) is 17.2 Å². The molecule has 1 atom stereocenters. The predicted octanol–water partition coefficient (Wildman–Crippen LogP) is 3.28. The third kappa shape index (κ3) is 2.67. The van der Waals surface area contributed by atoms with Gasteiger partial charge in [0.25, 0.3) is 5.91 Å². The van der Waals surface area contributed by atoms with Gasteiger partial charge in [0.1, 0.15) is 11.4 Å². The topological polar surface area (TPSA) is 76.7 Å². The molecule has 2 aromatic carbocycles. The zero-order valence-electron chi connectivity index (χ0n) is 16.1. The van der Waals surface area contributed by atoms with E-state index in [2.05, 4.69) is 10.2 Å². The van der Waals surface area contributed by atoms with Gasteiger partial charge in [0.2, 0.25) is 0 Å². The largest absolute Gasteiger partial charge is 0.497 e. The molecule has 0 unspecified atom stereocenters. The third-order valence-electron chi connectivity index (χ3n) is 5.07. The molecule has 7 heteroatoms. The number of hydrogen-bond donors (Lipinski definition) is 1. The fourth-order valence-corrected chi connectivity index (χ4v) is 3.67. The van der Waals surface area contributed by atoms with Gasteiger partial charge in [0.15, 0.2) is 11.5 Å². The molecular weight excluding hydrogens is 358 g/mol. The number of nitrogens with one attached hydrogen (secondary N) is 1. The van der Waals surface area contributed by atoms with E-state index in [1.807, 2.05) is 42.5 Å². The Labute approximate surface area is 162 Å². The predicted molar refractivity (Wildman–Crippen MR) is 104 cm³/mol. The number of ether oxygens (including phenoxy) is 3. The van der Waals surface area contributed by atoms with E-state index >= 15 is 0 Å². The van der Waals surface area contributed by atoms with Gasteiger partial charge in [-0.2, -0.15) is 5.10 Å². The Kier molecular flexibility index (Phi) is 4.43. The normalized spacial score (nSPS) is 15.5.